The van der Waals surface area contributed by atoms with Gasteiger partial charge in [0.1, 0.15) is 6.54 Å². The fourth-order valence-electron chi connectivity index (χ4n) is 3.52. The third-order valence-corrected chi connectivity index (χ3v) is 7.73. The number of nitro groups is 1. The zero-order chi connectivity index (χ0) is 29.0. The molecule has 1 aliphatic rings. The first-order valence-electron chi connectivity index (χ1n) is 11.2. The van der Waals surface area contributed by atoms with E-state index in [-0.39, 0.29) is 16.4 Å². The van der Waals surface area contributed by atoms with E-state index in [4.69, 9.17) is 20.5 Å². The minimum Gasteiger partial charge on any atom is -0.493 e. The predicted octanol–water partition coefficient (Wildman–Crippen LogP) is 4.70. The standard InChI is InChI=1S/C25H18ClN3O9S2/c1-37-20-11-15(9-10-19(20)38-40(35,36)22-8-3-2-7-18(22)29(33)34)12-21-24(31)28(25(32)39-21)14-23(30)27-17-6-4-5-16(26)13-17/h2-13H,14H2,1H3,(H,27,30)/b21-12-. The number of imide groups is 1. The maximum absolute atomic E-state index is 12.8. The first kappa shape index (κ1) is 28.6. The van der Waals surface area contributed by atoms with Crippen molar-refractivity contribution in [1.82, 2.24) is 4.90 Å². The van der Waals surface area contributed by atoms with E-state index in [1.807, 2.05) is 0 Å². The summed E-state index contributed by atoms with van der Waals surface area (Å²) in [6, 6.07) is 15.1. The van der Waals surface area contributed by atoms with E-state index in [0.717, 1.165) is 17.0 Å². The van der Waals surface area contributed by atoms with Crippen molar-refractivity contribution in [2.75, 3.05) is 19.0 Å². The molecule has 4 rings (SSSR count). The number of thioether (sulfide) groups is 1. The second kappa shape index (κ2) is 11.8. The van der Waals surface area contributed by atoms with E-state index < -0.39 is 49.2 Å². The van der Waals surface area contributed by atoms with Gasteiger partial charge in [0.25, 0.3) is 16.8 Å². The zero-order valence-corrected chi connectivity index (χ0v) is 22.8. The van der Waals surface area contributed by atoms with Crippen molar-refractivity contribution in [2.45, 2.75) is 4.90 Å². The Bertz CT molecular complexity index is 1680. The Balaban J connectivity index is 1.51. The molecule has 1 heterocycles. The summed E-state index contributed by atoms with van der Waals surface area (Å²) >= 11 is 6.52. The summed E-state index contributed by atoms with van der Waals surface area (Å²) in [5.74, 6) is -1.62. The summed E-state index contributed by atoms with van der Waals surface area (Å²) < 4.78 is 35.9. The van der Waals surface area contributed by atoms with Crippen molar-refractivity contribution in [3.05, 3.63) is 92.3 Å². The Labute approximate surface area is 236 Å². The van der Waals surface area contributed by atoms with Crippen LogP contribution in [0.15, 0.2) is 76.5 Å². The normalized spacial score (nSPS) is 14.3. The number of ether oxygens (including phenoxy) is 1. The van der Waals surface area contributed by atoms with Gasteiger partial charge >= 0.3 is 10.1 Å². The lowest BCUT2D eigenvalue weighted by Gasteiger charge is -2.13. The monoisotopic (exact) mass is 603 g/mol. The number of carbonyl (C=O) groups excluding carboxylic acids is 3. The summed E-state index contributed by atoms with van der Waals surface area (Å²) in [5.41, 5.74) is 0.0922. The number of benzene rings is 3. The van der Waals surface area contributed by atoms with Crippen LogP contribution in [0.2, 0.25) is 5.02 Å². The van der Waals surface area contributed by atoms with E-state index in [1.54, 1.807) is 18.2 Å². The largest absolute Gasteiger partial charge is 0.493 e. The fourth-order valence-corrected chi connectivity index (χ4v) is 5.66. The van der Waals surface area contributed by atoms with Crippen LogP contribution < -0.4 is 14.2 Å². The summed E-state index contributed by atoms with van der Waals surface area (Å²) in [5, 5.41) is 13.6. The molecule has 40 heavy (non-hydrogen) atoms. The number of hydrogen-bond donors (Lipinski definition) is 1. The molecule has 3 amide bonds. The Morgan fingerprint density at radius 1 is 1.10 bits per heavy atom. The number of carbonyl (C=O) groups is 3. The molecular formula is C25H18ClN3O9S2. The SMILES string of the molecule is COc1cc(/C=C2\SC(=O)N(CC(=O)Nc3cccc(Cl)c3)C2=O)ccc1OS(=O)(=O)c1ccccc1[N+](=O)[O-]. The van der Waals surface area contributed by atoms with Gasteiger partial charge in [-0.1, -0.05) is 35.9 Å². The van der Waals surface area contributed by atoms with Gasteiger partial charge in [0.05, 0.1) is 16.9 Å². The van der Waals surface area contributed by atoms with Crippen LogP contribution in [0.4, 0.5) is 16.2 Å². The second-order valence-electron chi connectivity index (χ2n) is 8.00. The number of halogens is 1. The number of hydrogen-bond acceptors (Lipinski definition) is 10. The Kier molecular flexibility index (Phi) is 8.42. The average Bonchev–Trinajstić information content (AvgIpc) is 3.16. The number of rotatable bonds is 9. The summed E-state index contributed by atoms with van der Waals surface area (Å²) in [4.78, 5) is 48.2. The minimum atomic E-state index is -4.61. The van der Waals surface area contributed by atoms with E-state index in [1.165, 1.54) is 49.6 Å². The average molecular weight is 604 g/mol. The molecule has 12 nitrogen and oxygen atoms in total. The van der Waals surface area contributed by atoms with Gasteiger partial charge in [-0.05, 0) is 59.8 Å². The van der Waals surface area contributed by atoms with Crippen molar-refractivity contribution in [2.24, 2.45) is 0 Å². The van der Waals surface area contributed by atoms with Crippen molar-refractivity contribution in [1.29, 1.82) is 0 Å². The molecule has 3 aromatic carbocycles. The van der Waals surface area contributed by atoms with Crippen LogP contribution in [0.25, 0.3) is 6.08 Å². The number of nitrogens with zero attached hydrogens (tertiary/aromatic N) is 2. The van der Waals surface area contributed by atoms with Gasteiger partial charge in [-0.25, -0.2) is 0 Å². The highest BCUT2D eigenvalue weighted by Crippen LogP contribution is 2.36. The highest BCUT2D eigenvalue weighted by Gasteiger charge is 2.36. The van der Waals surface area contributed by atoms with Gasteiger partial charge in [-0.2, -0.15) is 8.42 Å². The number of nitro benzene ring substituents is 1. The topological polar surface area (TPSA) is 162 Å². The number of nitrogens with one attached hydrogen (secondary N) is 1. The lowest BCUT2D eigenvalue weighted by molar-refractivity contribution is -0.387. The van der Waals surface area contributed by atoms with Gasteiger partial charge in [-0.15, -0.1) is 0 Å². The molecule has 15 heteroatoms. The zero-order valence-electron chi connectivity index (χ0n) is 20.4. The molecule has 0 unspecified atom stereocenters. The summed E-state index contributed by atoms with van der Waals surface area (Å²) in [6.45, 7) is -0.520. The Morgan fingerprint density at radius 2 is 1.85 bits per heavy atom. The predicted molar refractivity (Wildman–Crippen MR) is 147 cm³/mol. The van der Waals surface area contributed by atoms with Crippen LogP contribution in [0.3, 0.4) is 0 Å². The van der Waals surface area contributed by atoms with Crippen molar-refractivity contribution >= 4 is 68.0 Å². The lowest BCUT2D eigenvalue weighted by atomic mass is 10.2. The van der Waals surface area contributed by atoms with Crippen molar-refractivity contribution in [3.63, 3.8) is 0 Å². The molecule has 206 valence electrons. The molecule has 3 aromatic rings. The van der Waals surface area contributed by atoms with Gasteiger partial charge < -0.3 is 14.2 Å². The molecule has 0 aromatic heterocycles. The summed E-state index contributed by atoms with van der Waals surface area (Å²) in [6.07, 6.45) is 1.36. The molecule has 0 spiro atoms. The van der Waals surface area contributed by atoms with Gasteiger partial charge in [-0.3, -0.25) is 29.4 Å². The van der Waals surface area contributed by atoms with Gasteiger partial charge in [0, 0.05) is 16.8 Å². The third-order valence-electron chi connectivity index (χ3n) is 5.30. The van der Waals surface area contributed by atoms with Crippen molar-refractivity contribution < 1.29 is 36.6 Å². The van der Waals surface area contributed by atoms with E-state index >= 15 is 0 Å². The second-order valence-corrected chi connectivity index (χ2v) is 10.9. The Morgan fingerprint density at radius 3 is 2.55 bits per heavy atom. The molecule has 1 N–H and O–H groups in total. The van der Waals surface area contributed by atoms with Gasteiger partial charge in [0.2, 0.25) is 5.91 Å². The van der Waals surface area contributed by atoms with E-state index in [2.05, 4.69) is 5.32 Å². The lowest BCUT2D eigenvalue weighted by Crippen LogP contribution is -2.36. The van der Waals surface area contributed by atoms with E-state index in [0.29, 0.717) is 28.0 Å². The molecule has 1 saturated heterocycles. The molecule has 0 bridgehead atoms. The maximum Gasteiger partial charge on any atom is 0.346 e. The third kappa shape index (κ3) is 6.42. The Hall–Kier alpha value is -4.40. The first-order chi connectivity index (χ1) is 19.0. The number of amides is 3. The highest BCUT2D eigenvalue weighted by atomic mass is 35.5. The molecule has 0 atom stereocenters. The quantitative estimate of drug-likeness (QED) is 0.157. The number of anilines is 1. The van der Waals surface area contributed by atoms with Gasteiger partial charge in [0.15, 0.2) is 16.4 Å². The summed E-state index contributed by atoms with van der Waals surface area (Å²) in [7, 11) is -3.36. The molecule has 0 radical (unpaired) electrons. The number of methoxy groups -OCH3 is 1. The van der Waals surface area contributed by atoms with Crippen LogP contribution in [0, 0.1) is 10.1 Å². The van der Waals surface area contributed by atoms with Crippen LogP contribution in [-0.4, -0.2) is 48.9 Å². The van der Waals surface area contributed by atoms with Crippen molar-refractivity contribution in [3.8, 4) is 11.5 Å². The molecule has 1 aliphatic heterocycles. The smallest absolute Gasteiger partial charge is 0.346 e. The van der Waals surface area contributed by atoms with Crippen LogP contribution in [0.5, 0.6) is 11.5 Å². The minimum absolute atomic E-state index is 0.0174. The maximum atomic E-state index is 12.8. The fraction of sp³-hybridized carbons (Fsp3) is 0.0800. The molecule has 1 fully saturated rings. The highest BCUT2D eigenvalue weighted by molar-refractivity contribution is 8.18. The molecular weight excluding hydrogens is 586 g/mol. The first-order valence-corrected chi connectivity index (χ1v) is 13.8. The van der Waals surface area contributed by atoms with Crippen LogP contribution in [-0.2, 0) is 19.7 Å². The van der Waals surface area contributed by atoms with E-state index in [9.17, 15) is 32.9 Å². The number of para-hydroxylation sites is 1. The van der Waals surface area contributed by atoms with Crippen LogP contribution in [0.1, 0.15) is 5.56 Å². The van der Waals surface area contributed by atoms with Crippen LogP contribution >= 0.6 is 23.4 Å². The molecule has 0 aliphatic carbocycles. The molecule has 0 saturated carbocycles.